The molecule has 0 atom stereocenters. The van der Waals surface area contributed by atoms with Crippen molar-refractivity contribution >= 4 is 9.84 Å². The molecule has 5 heteroatoms. The van der Waals surface area contributed by atoms with Crippen LogP contribution >= 0.6 is 0 Å². The van der Waals surface area contributed by atoms with Crippen LogP contribution < -0.4 is 0 Å². The first-order valence-electron chi connectivity index (χ1n) is 5.26. The van der Waals surface area contributed by atoms with Crippen LogP contribution in [-0.2, 0) is 16.4 Å². The number of nitriles is 1. The van der Waals surface area contributed by atoms with Crippen molar-refractivity contribution in [1.29, 1.82) is 5.26 Å². The summed E-state index contributed by atoms with van der Waals surface area (Å²) in [5, 5.41) is 8.93. The number of nitrogens with zero attached hydrogens (tertiary/aromatic N) is 2. The van der Waals surface area contributed by atoms with Gasteiger partial charge in [-0.3, -0.25) is 0 Å². The summed E-state index contributed by atoms with van der Waals surface area (Å²) in [6.07, 6.45) is 1.23. The summed E-state index contributed by atoms with van der Waals surface area (Å²) in [4.78, 5) is 1.90. The molecule has 0 aromatic heterocycles. The van der Waals surface area contributed by atoms with Crippen molar-refractivity contribution in [2.45, 2.75) is 6.54 Å². The van der Waals surface area contributed by atoms with Crippen molar-refractivity contribution in [2.75, 3.05) is 25.6 Å². The third kappa shape index (κ3) is 4.98. The number of benzene rings is 1. The summed E-state index contributed by atoms with van der Waals surface area (Å²) < 4.78 is 22.1. The highest BCUT2D eigenvalue weighted by Gasteiger charge is 2.08. The Morgan fingerprint density at radius 3 is 2.59 bits per heavy atom. The molecule has 0 spiro atoms. The maximum absolute atomic E-state index is 11.0. The van der Waals surface area contributed by atoms with Crippen LogP contribution in [0.4, 0.5) is 0 Å². The second-order valence-corrected chi connectivity index (χ2v) is 6.40. The molecule has 92 valence electrons. The smallest absolute Gasteiger partial charge is 0.148 e. The quantitative estimate of drug-likeness (QED) is 0.785. The zero-order valence-electron chi connectivity index (χ0n) is 10.0. The highest BCUT2D eigenvalue weighted by molar-refractivity contribution is 7.90. The monoisotopic (exact) mass is 252 g/mol. The van der Waals surface area contributed by atoms with Crippen LogP contribution in [0.5, 0.6) is 0 Å². The lowest BCUT2D eigenvalue weighted by molar-refractivity contribution is 0.346. The van der Waals surface area contributed by atoms with Gasteiger partial charge in [0.15, 0.2) is 0 Å². The zero-order chi connectivity index (χ0) is 12.9. The van der Waals surface area contributed by atoms with Crippen molar-refractivity contribution in [3.63, 3.8) is 0 Å². The van der Waals surface area contributed by atoms with E-state index in [-0.39, 0.29) is 5.75 Å². The largest absolute Gasteiger partial charge is 0.301 e. The van der Waals surface area contributed by atoms with E-state index in [0.29, 0.717) is 18.7 Å². The number of sulfone groups is 1. The van der Waals surface area contributed by atoms with Gasteiger partial charge in [-0.15, -0.1) is 0 Å². The van der Waals surface area contributed by atoms with Gasteiger partial charge in [0.05, 0.1) is 17.4 Å². The van der Waals surface area contributed by atoms with Gasteiger partial charge in [-0.1, -0.05) is 18.2 Å². The van der Waals surface area contributed by atoms with Crippen LogP contribution in [0.25, 0.3) is 0 Å². The Bertz CT molecular complexity index is 518. The van der Waals surface area contributed by atoms with Crippen LogP contribution in [0, 0.1) is 11.3 Å². The second kappa shape index (κ2) is 5.80. The minimum atomic E-state index is -2.93. The fourth-order valence-corrected chi connectivity index (χ4v) is 2.10. The molecule has 0 bridgehead atoms. The van der Waals surface area contributed by atoms with Crippen LogP contribution in [0.3, 0.4) is 0 Å². The van der Waals surface area contributed by atoms with Crippen molar-refractivity contribution in [2.24, 2.45) is 0 Å². The van der Waals surface area contributed by atoms with Gasteiger partial charge < -0.3 is 4.90 Å². The molecule has 0 N–H and O–H groups in total. The second-order valence-electron chi connectivity index (χ2n) is 4.14. The Morgan fingerprint density at radius 2 is 2.00 bits per heavy atom. The van der Waals surface area contributed by atoms with Gasteiger partial charge in [-0.2, -0.15) is 5.26 Å². The third-order valence-electron chi connectivity index (χ3n) is 2.42. The lowest BCUT2D eigenvalue weighted by atomic mass is 10.1. The molecule has 0 unspecified atom stereocenters. The van der Waals surface area contributed by atoms with E-state index in [4.69, 9.17) is 5.26 Å². The van der Waals surface area contributed by atoms with Gasteiger partial charge in [0.2, 0.25) is 0 Å². The number of hydrogen-bond acceptors (Lipinski definition) is 4. The highest BCUT2D eigenvalue weighted by atomic mass is 32.2. The predicted octanol–water partition coefficient (Wildman–Crippen LogP) is 1.03. The Kier molecular flexibility index (Phi) is 4.67. The van der Waals surface area contributed by atoms with Gasteiger partial charge in [-0.25, -0.2) is 8.42 Å². The van der Waals surface area contributed by atoms with Gasteiger partial charge in [-0.05, 0) is 18.7 Å². The first kappa shape index (κ1) is 13.7. The Morgan fingerprint density at radius 1 is 1.35 bits per heavy atom. The van der Waals surface area contributed by atoms with Gasteiger partial charge >= 0.3 is 0 Å². The summed E-state index contributed by atoms with van der Waals surface area (Å²) >= 11 is 0. The van der Waals surface area contributed by atoms with Crippen LogP contribution in [0.15, 0.2) is 24.3 Å². The van der Waals surface area contributed by atoms with Crippen LogP contribution in [0.2, 0.25) is 0 Å². The topological polar surface area (TPSA) is 61.2 Å². The van der Waals surface area contributed by atoms with E-state index in [1.54, 1.807) is 6.07 Å². The molecule has 0 aliphatic heterocycles. The van der Waals surface area contributed by atoms with Crippen molar-refractivity contribution in [1.82, 2.24) is 4.90 Å². The summed E-state index contributed by atoms with van der Waals surface area (Å²) in [5.41, 5.74) is 1.56. The molecule has 0 aliphatic carbocycles. The standard InChI is InChI=1S/C12H16N2O2S/c1-14(7-8-17(2,15)16)10-12-6-4-3-5-11(12)9-13/h3-6H,7-8,10H2,1-2H3. The molecule has 0 amide bonds. The van der Waals surface area contributed by atoms with Crippen molar-refractivity contribution in [3.05, 3.63) is 35.4 Å². The normalized spacial score (nSPS) is 11.4. The minimum Gasteiger partial charge on any atom is -0.301 e. The van der Waals surface area contributed by atoms with Crippen molar-refractivity contribution < 1.29 is 8.42 Å². The summed E-state index contributed by atoms with van der Waals surface area (Å²) in [6.45, 7) is 1.05. The predicted molar refractivity (Wildman–Crippen MR) is 67.2 cm³/mol. The minimum absolute atomic E-state index is 0.137. The molecule has 0 fully saturated rings. The van der Waals surface area contributed by atoms with E-state index in [0.717, 1.165) is 5.56 Å². The fraction of sp³-hybridized carbons (Fsp3) is 0.417. The molecule has 4 nitrogen and oxygen atoms in total. The zero-order valence-corrected chi connectivity index (χ0v) is 10.9. The van der Waals surface area contributed by atoms with Crippen molar-refractivity contribution in [3.8, 4) is 6.07 Å². The maximum Gasteiger partial charge on any atom is 0.148 e. The summed E-state index contributed by atoms with van der Waals surface area (Å²) in [6, 6.07) is 9.47. The maximum atomic E-state index is 11.0. The highest BCUT2D eigenvalue weighted by Crippen LogP contribution is 2.09. The summed E-state index contributed by atoms with van der Waals surface area (Å²) in [5.74, 6) is 0.137. The van der Waals surface area contributed by atoms with Crippen LogP contribution in [-0.4, -0.2) is 38.9 Å². The van der Waals surface area contributed by atoms with Gasteiger partial charge in [0.1, 0.15) is 9.84 Å². The molecule has 0 saturated heterocycles. The van der Waals surface area contributed by atoms with E-state index >= 15 is 0 Å². The van der Waals surface area contributed by atoms with E-state index in [2.05, 4.69) is 6.07 Å². The molecular weight excluding hydrogens is 236 g/mol. The Labute approximate surface area is 102 Å². The molecule has 0 saturated carbocycles. The molecule has 0 radical (unpaired) electrons. The molecule has 1 aromatic rings. The number of hydrogen-bond donors (Lipinski definition) is 0. The van der Waals surface area contributed by atoms with Gasteiger partial charge in [0.25, 0.3) is 0 Å². The molecule has 0 aliphatic rings. The van der Waals surface area contributed by atoms with E-state index in [9.17, 15) is 8.42 Å². The van der Waals surface area contributed by atoms with E-state index < -0.39 is 9.84 Å². The average Bonchev–Trinajstić information content (AvgIpc) is 2.26. The molecule has 0 heterocycles. The first-order chi connectivity index (χ1) is 7.92. The fourth-order valence-electron chi connectivity index (χ4n) is 1.46. The molecular formula is C12H16N2O2S. The Hall–Kier alpha value is -1.38. The van der Waals surface area contributed by atoms with E-state index in [1.165, 1.54) is 6.26 Å². The molecule has 1 rings (SSSR count). The number of rotatable bonds is 5. The average molecular weight is 252 g/mol. The van der Waals surface area contributed by atoms with E-state index in [1.807, 2.05) is 30.1 Å². The molecule has 1 aromatic carbocycles. The molecule has 17 heavy (non-hydrogen) atoms. The van der Waals surface area contributed by atoms with Gasteiger partial charge in [0, 0.05) is 19.3 Å². The van der Waals surface area contributed by atoms with Crippen LogP contribution in [0.1, 0.15) is 11.1 Å². The SMILES string of the molecule is CN(CCS(C)(=O)=O)Cc1ccccc1C#N. The first-order valence-corrected chi connectivity index (χ1v) is 7.32. The Balaban J connectivity index is 2.63. The lowest BCUT2D eigenvalue weighted by Crippen LogP contribution is -2.25. The lowest BCUT2D eigenvalue weighted by Gasteiger charge is -2.16. The summed E-state index contributed by atoms with van der Waals surface area (Å²) in [7, 11) is -1.09. The third-order valence-corrected chi connectivity index (χ3v) is 3.35.